The number of nitrogens with one attached hydrogen (secondary N) is 4. The zero-order valence-corrected chi connectivity index (χ0v) is 40.4. The van der Waals surface area contributed by atoms with Crippen molar-refractivity contribution < 1.29 is 24.2 Å². The lowest BCUT2D eigenvalue weighted by Gasteiger charge is -2.21. The lowest BCUT2D eigenvalue weighted by Crippen LogP contribution is -2.29. The van der Waals surface area contributed by atoms with Crippen LogP contribution >= 0.6 is 0 Å². The SMILES string of the molecule is C=Cc1c2[nH]c(c1C)/C=C1\N/C(=C3\c4[nH]c(c(C)c4C(=O)[C@@H]3C(O)OC)/C=c3\[nH]/c(c(C)c3CC)=C\2)[C@@H](/C=C/C(=O)OC/C=C(\C)CCC[C@H](C)CCC[C@H](C)/C=C/CC(C)C)[C@@H]1C. The molecule has 6 atom stereocenters. The van der Waals surface area contributed by atoms with Crippen LogP contribution < -0.4 is 16.0 Å². The van der Waals surface area contributed by atoms with Gasteiger partial charge < -0.3 is 34.8 Å². The van der Waals surface area contributed by atoms with Gasteiger partial charge in [0.25, 0.3) is 0 Å². The molecule has 1 fully saturated rings. The minimum absolute atomic E-state index is 0.148. The van der Waals surface area contributed by atoms with Gasteiger partial charge in [-0.05, 0) is 124 Å². The molecule has 344 valence electrons. The van der Waals surface area contributed by atoms with Crippen LogP contribution in [0.4, 0.5) is 0 Å². The van der Waals surface area contributed by atoms with Gasteiger partial charge in [-0.3, -0.25) is 4.79 Å². The summed E-state index contributed by atoms with van der Waals surface area (Å²) < 4.78 is 11.2. The number of hydrogen-bond acceptors (Lipinski definition) is 6. The summed E-state index contributed by atoms with van der Waals surface area (Å²) in [6, 6.07) is 0. The van der Waals surface area contributed by atoms with Gasteiger partial charge in [-0.2, -0.15) is 0 Å². The normalized spacial score (nSPS) is 22.9. The fourth-order valence-electron chi connectivity index (χ4n) is 9.85. The van der Waals surface area contributed by atoms with Crippen LogP contribution in [0.2, 0.25) is 0 Å². The van der Waals surface area contributed by atoms with Crippen LogP contribution in [0.15, 0.2) is 53.9 Å². The van der Waals surface area contributed by atoms with Crippen LogP contribution in [0.25, 0.3) is 29.9 Å². The zero-order chi connectivity index (χ0) is 46.4. The molecule has 1 saturated heterocycles. The van der Waals surface area contributed by atoms with Crippen LogP contribution in [-0.4, -0.2) is 51.8 Å². The number of aliphatic hydroxyl groups is 1. The minimum atomic E-state index is -1.39. The summed E-state index contributed by atoms with van der Waals surface area (Å²) in [5.41, 5.74) is 12.5. The number of carbonyl (C=O) groups excluding carboxylic acids is 2. The van der Waals surface area contributed by atoms with Crippen molar-refractivity contribution in [3.8, 4) is 0 Å². The number of fused-ring (bicyclic) bond motifs is 7. The Morgan fingerprint density at radius 2 is 1.66 bits per heavy atom. The number of esters is 1. The number of rotatable bonds is 19. The first-order chi connectivity index (χ1) is 30.6. The van der Waals surface area contributed by atoms with Gasteiger partial charge in [-0.1, -0.05) is 97.3 Å². The lowest BCUT2D eigenvalue weighted by atomic mass is 9.87. The molecular formula is C55H74N4O5. The molecule has 1 aliphatic carbocycles. The number of ether oxygens (including phenoxy) is 2. The van der Waals surface area contributed by atoms with E-state index in [9.17, 15) is 14.7 Å². The third kappa shape index (κ3) is 10.5. The number of Topliss-reactive ketones (excluding diaryl/α,β-unsaturated/α-hetero) is 1. The van der Waals surface area contributed by atoms with E-state index in [1.54, 1.807) is 0 Å². The molecule has 0 aromatic carbocycles. The van der Waals surface area contributed by atoms with Crippen molar-refractivity contribution >= 4 is 41.6 Å². The molecule has 3 aromatic rings. The second-order valence-electron chi connectivity index (χ2n) is 19.1. The Balaban J connectivity index is 1.25. The molecule has 0 radical (unpaired) electrons. The maximum absolute atomic E-state index is 14.5. The van der Waals surface area contributed by atoms with Crippen molar-refractivity contribution in [3.63, 3.8) is 0 Å². The van der Waals surface area contributed by atoms with E-state index in [1.807, 2.05) is 25.2 Å². The highest BCUT2D eigenvalue weighted by molar-refractivity contribution is 6.15. The predicted molar refractivity (Wildman–Crippen MR) is 262 cm³/mol. The molecule has 6 rings (SSSR count). The fourth-order valence-corrected chi connectivity index (χ4v) is 9.85. The smallest absolute Gasteiger partial charge is 0.330 e. The second-order valence-corrected chi connectivity index (χ2v) is 19.1. The van der Waals surface area contributed by atoms with E-state index in [4.69, 9.17) is 9.47 Å². The van der Waals surface area contributed by atoms with Crippen LogP contribution in [0.3, 0.4) is 0 Å². The molecule has 5 N–H and O–H groups in total. The highest BCUT2D eigenvalue weighted by Crippen LogP contribution is 2.48. The standard InChI is InChI=1S/C55H74N4O5/c1-13-39-35(8)42-28-44-37(10)41(24-25-48(60)64-27-26-34(7)23-17-22-33(6)21-16-20-32(5)19-15-18-31(3)4)52(58-44)50-51(55(62)63-12)54(61)49-38(11)45(59-53(49)50)30-47-40(14-2)36(9)43(57-47)29-46(39)56-42/h13,15,19,24-26,28-33,37,41,51,55-59,62H,1,14,16-18,20-23,27H2,2-12H3/b19-15+,25-24+,34-26+,43-29-,44-28-,47-30-,52-50-/t32-,33-,37+,41+,51-,55?/m1/s1. The summed E-state index contributed by atoms with van der Waals surface area (Å²) in [6.45, 7) is 26.1. The van der Waals surface area contributed by atoms with Gasteiger partial charge in [0.15, 0.2) is 12.1 Å². The quantitative estimate of drug-likeness (QED) is 0.0353. The fraction of sp³-hybridized carbons (Fsp3) is 0.491. The van der Waals surface area contributed by atoms with Crippen LogP contribution in [0, 0.1) is 56.3 Å². The van der Waals surface area contributed by atoms with Gasteiger partial charge in [0.1, 0.15) is 12.5 Å². The number of allylic oxidation sites excluding steroid dienone is 5. The Kier molecular flexibility index (Phi) is 16.0. The Bertz CT molecular complexity index is 2500. The van der Waals surface area contributed by atoms with E-state index >= 15 is 0 Å². The van der Waals surface area contributed by atoms with Gasteiger partial charge in [-0.15, -0.1) is 0 Å². The van der Waals surface area contributed by atoms with Crippen LogP contribution in [-0.2, 0) is 20.7 Å². The summed E-state index contributed by atoms with van der Waals surface area (Å²) in [7, 11) is 1.41. The largest absolute Gasteiger partial charge is 0.458 e. The average molecular weight is 871 g/mol. The molecule has 5 heterocycles. The van der Waals surface area contributed by atoms with E-state index in [2.05, 4.69) is 120 Å². The molecule has 64 heavy (non-hydrogen) atoms. The van der Waals surface area contributed by atoms with Gasteiger partial charge in [0.2, 0.25) is 0 Å². The number of aromatic amines is 3. The molecule has 9 heteroatoms. The number of H-pyrrole nitrogens is 3. The number of methoxy groups -OCH3 is 1. The lowest BCUT2D eigenvalue weighted by molar-refractivity contribution is -0.136. The number of aliphatic hydroxyl groups excluding tert-OH is 1. The van der Waals surface area contributed by atoms with E-state index in [0.717, 1.165) is 87.1 Å². The molecule has 3 aromatic heterocycles. The topological polar surface area (TPSA) is 132 Å². The Labute approximate surface area is 381 Å². The van der Waals surface area contributed by atoms with Crippen molar-refractivity contribution in [2.45, 2.75) is 127 Å². The molecule has 0 saturated carbocycles. The van der Waals surface area contributed by atoms with Crippen molar-refractivity contribution in [1.82, 2.24) is 20.3 Å². The third-order valence-corrected chi connectivity index (χ3v) is 13.9. The third-order valence-electron chi connectivity index (χ3n) is 13.9. The van der Waals surface area contributed by atoms with E-state index in [0.29, 0.717) is 34.6 Å². The maximum Gasteiger partial charge on any atom is 0.330 e. The van der Waals surface area contributed by atoms with Crippen LogP contribution in [0.1, 0.15) is 154 Å². The number of hydrogen-bond donors (Lipinski definition) is 5. The highest BCUT2D eigenvalue weighted by atomic mass is 16.6. The first kappa shape index (κ1) is 48.3. The van der Waals surface area contributed by atoms with Gasteiger partial charge in [-0.25, -0.2) is 4.79 Å². The van der Waals surface area contributed by atoms with Crippen LogP contribution in [0.5, 0.6) is 0 Å². The molecule has 9 nitrogen and oxygen atoms in total. The first-order valence-corrected chi connectivity index (χ1v) is 23.7. The van der Waals surface area contributed by atoms with E-state index in [-0.39, 0.29) is 24.2 Å². The monoisotopic (exact) mass is 871 g/mol. The minimum Gasteiger partial charge on any atom is -0.458 e. The van der Waals surface area contributed by atoms with Gasteiger partial charge >= 0.3 is 5.97 Å². The van der Waals surface area contributed by atoms with Crippen molar-refractivity contribution in [2.75, 3.05) is 13.7 Å². The van der Waals surface area contributed by atoms with Crippen molar-refractivity contribution in [3.05, 3.63) is 121 Å². The van der Waals surface area contributed by atoms with E-state index < -0.39 is 18.2 Å². The predicted octanol–water partition coefficient (Wildman–Crippen LogP) is 10.4. The summed E-state index contributed by atoms with van der Waals surface area (Å²) in [5.74, 6) is -0.105. The highest BCUT2D eigenvalue weighted by Gasteiger charge is 2.47. The summed E-state index contributed by atoms with van der Waals surface area (Å²) in [6.07, 6.45) is 26.0. The van der Waals surface area contributed by atoms with Crippen molar-refractivity contribution in [2.24, 2.45) is 35.5 Å². The molecular weight excluding hydrogens is 797 g/mol. The first-order valence-electron chi connectivity index (χ1n) is 23.7. The molecule has 1 unspecified atom stereocenters. The number of ketones is 1. The maximum atomic E-state index is 14.5. The average Bonchev–Trinajstić information content (AvgIpc) is 3.99. The molecule has 8 bridgehead atoms. The van der Waals surface area contributed by atoms with Gasteiger partial charge in [0.05, 0.1) is 5.69 Å². The number of aromatic nitrogens is 3. The Morgan fingerprint density at radius 1 is 0.938 bits per heavy atom. The van der Waals surface area contributed by atoms with Gasteiger partial charge in [0, 0.05) is 80.9 Å². The second kappa shape index (κ2) is 21.2. The summed E-state index contributed by atoms with van der Waals surface area (Å²) in [5, 5.41) is 17.0. The molecule has 0 spiro atoms. The molecule has 3 aliphatic rings. The van der Waals surface area contributed by atoms with Crippen molar-refractivity contribution in [1.29, 1.82) is 0 Å². The zero-order valence-electron chi connectivity index (χ0n) is 40.4. The van der Waals surface area contributed by atoms with E-state index in [1.165, 1.54) is 50.0 Å². The summed E-state index contributed by atoms with van der Waals surface area (Å²) >= 11 is 0. The molecule has 2 aliphatic heterocycles. The number of carbonyl (C=O) groups is 2. The molecule has 0 amide bonds. The summed E-state index contributed by atoms with van der Waals surface area (Å²) in [4.78, 5) is 38.8. The Morgan fingerprint density at radius 3 is 2.36 bits per heavy atom. The Hall–Kier alpha value is -5.12.